The summed E-state index contributed by atoms with van der Waals surface area (Å²) in [5.41, 5.74) is 2.68. The molecule has 0 radical (unpaired) electrons. The number of anilines is 1. The van der Waals surface area contributed by atoms with Crippen LogP contribution in [0.3, 0.4) is 0 Å². The second kappa shape index (κ2) is 8.56. The zero-order valence-electron chi connectivity index (χ0n) is 14.9. The number of benzene rings is 2. The van der Waals surface area contributed by atoms with Gasteiger partial charge in [0.2, 0.25) is 0 Å². The second-order valence-electron chi connectivity index (χ2n) is 6.07. The van der Waals surface area contributed by atoms with Crippen molar-refractivity contribution in [2.45, 2.75) is 6.42 Å². The summed E-state index contributed by atoms with van der Waals surface area (Å²) in [5, 5.41) is 24.8. The number of carboxylic acid groups (broad SMARTS) is 1. The van der Waals surface area contributed by atoms with Crippen LogP contribution in [0.1, 0.15) is 15.9 Å². The SMILES string of the molecule is N#C/C(=C/NCCc1c[nH]c2ccccc12)C(=O)Nc1ccc(C(=O)O)cc1. The predicted octanol–water partition coefficient (Wildman–Crippen LogP) is 3.04. The summed E-state index contributed by atoms with van der Waals surface area (Å²) in [4.78, 5) is 26.2. The molecule has 7 heteroatoms. The van der Waals surface area contributed by atoms with E-state index in [1.807, 2.05) is 36.5 Å². The Morgan fingerprint density at radius 1 is 1.14 bits per heavy atom. The van der Waals surface area contributed by atoms with Gasteiger partial charge < -0.3 is 20.7 Å². The molecule has 4 N–H and O–H groups in total. The summed E-state index contributed by atoms with van der Waals surface area (Å²) in [6.07, 6.45) is 4.07. The fourth-order valence-corrected chi connectivity index (χ4v) is 2.76. The number of nitriles is 1. The maximum atomic E-state index is 12.2. The number of para-hydroxylation sites is 1. The van der Waals surface area contributed by atoms with Crippen LogP contribution < -0.4 is 10.6 Å². The molecule has 0 aliphatic heterocycles. The summed E-state index contributed by atoms with van der Waals surface area (Å²) >= 11 is 0. The van der Waals surface area contributed by atoms with Gasteiger partial charge in [-0.3, -0.25) is 4.79 Å². The number of hydrogen-bond acceptors (Lipinski definition) is 4. The molecular weight excluding hydrogens is 356 g/mol. The Hall–Kier alpha value is -4.05. The molecule has 1 aromatic heterocycles. The molecule has 0 atom stereocenters. The van der Waals surface area contributed by atoms with Gasteiger partial charge in [-0.2, -0.15) is 5.26 Å². The van der Waals surface area contributed by atoms with Gasteiger partial charge in [-0.15, -0.1) is 0 Å². The maximum Gasteiger partial charge on any atom is 0.335 e. The fourth-order valence-electron chi connectivity index (χ4n) is 2.76. The first-order valence-electron chi connectivity index (χ1n) is 8.62. The molecule has 7 nitrogen and oxygen atoms in total. The maximum absolute atomic E-state index is 12.2. The topological polar surface area (TPSA) is 118 Å². The van der Waals surface area contributed by atoms with Crippen LogP contribution in [0.4, 0.5) is 5.69 Å². The average Bonchev–Trinajstić information content (AvgIpc) is 3.11. The number of carboxylic acids is 1. The van der Waals surface area contributed by atoms with Gasteiger partial charge in [-0.25, -0.2) is 4.79 Å². The summed E-state index contributed by atoms with van der Waals surface area (Å²) in [5.74, 6) is -1.61. The zero-order chi connectivity index (χ0) is 19.9. The third-order valence-electron chi connectivity index (χ3n) is 4.21. The summed E-state index contributed by atoms with van der Waals surface area (Å²) in [6.45, 7) is 0.563. The van der Waals surface area contributed by atoms with Crippen LogP contribution in [0.25, 0.3) is 10.9 Å². The van der Waals surface area contributed by atoms with Crippen LogP contribution in [0.5, 0.6) is 0 Å². The first-order chi connectivity index (χ1) is 13.6. The lowest BCUT2D eigenvalue weighted by Gasteiger charge is -2.05. The lowest BCUT2D eigenvalue weighted by Crippen LogP contribution is -2.18. The van der Waals surface area contributed by atoms with Crippen LogP contribution in [0.2, 0.25) is 0 Å². The average molecular weight is 374 g/mol. The molecule has 2 aromatic carbocycles. The van der Waals surface area contributed by atoms with Crippen molar-refractivity contribution in [2.75, 3.05) is 11.9 Å². The molecule has 0 saturated heterocycles. The van der Waals surface area contributed by atoms with E-state index in [2.05, 4.69) is 15.6 Å². The van der Waals surface area contributed by atoms with Crippen LogP contribution >= 0.6 is 0 Å². The molecule has 140 valence electrons. The Bertz CT molecular complexity index is 1070. The third-order valence-corrected chi connectivity index (χ3v) is 4.21. The highest BCUT2D eigenvalue weighted by molar-refractivity contribution is 6.06. The lowest BCUT2D eigenvalue weighted by atomic mass is 10.1. The molecular formula is C21H18N4O3. The standard InChI is InChI=1S/C21H18N4O3/c22-11-16(20(26)25-17-7-5-14(6-8-17)21(27)28)12-23-10-9-15-13-24-19-4-2-1-3-18(15)19/h1-8,12-13,23-24H,9-10H2,(H,25,26)(H,27,28)/b16-12-. The van der Waals surface area contributed by atoms with Crippen molar-refractivity contribution in [2.24, 2.45) is 0 Å². The molecule has 3 rings (SSSR count). The van der Waals surface area contributed by atoms with Crippen molar-refractivity contribution in [1.82, 2.24) is 10.3 Å². The highest BCUT2D eigenvalue weighted by atomic mass is 16.4. The molecule has 3 aromatic rings. The predicted molar refractivity (Wildman–Crippen MR) is 106 cm³/mol. The Labute approximate surface area is 161 Å². The molecule has 0 saturated carbocycles. The number of nitrogens with one attached hydrogen (secondary N) is 3. The smallest absolute Gasteiger partial charge is 0.335 e. The number of aromatic amines is 1. The first kappa shape index (κ1) is 18.7. The van der Waals surface area contributed by atoms with E-state index in [1.165, 1.54) is 30.5 Å². The molecule has 1 amide bonds. The van der Waals surface area contributed by atoms with Gasteiger partial charge in [0.15, 0.2) is 0 Å². The number of amides is 1. The Balaban J connectivity index is 1.56. The second-order valence-corrected chi connectivity index (χ2v) is 6.07. The molecule has 28 heavy (non-hydrogen) atoms. The molecule has 0 aliphatic carbocycles. The molecule has 1 heterocycles. The first-order valence-corrected chi connectivity index (χ1v) is 8.62. The molecule has 0 fully saturated rings. The fraction of sp³-hybridized carbons (Fsp3) is 0.0952. The Morgan fingerprint density at radius 3 is 2.61 bits per heavy atom. The van der Waals surface area contributed by atoms with E-state index in [1.54, 1.807) is 0 Å². The van der Waals surface area contributed by atoms with Crippen molar-refractivity contribution < 1.29 is 14.7 Å². The molecule has 0 aliphatic rings. The number of nitrogens with zero attached hydrogens (tertiary/aromatic N) is 1. The highest BCUT2D eigenvalue weighted by Gasteiger charge is 2.10. The quantitative estimate of drug-likeness (QED) is 0.288. The van der Waals surface area contributed by atoms with E-state index in [9.17, 15) is 14.9 Å². The van der Waals surface area contributed by atoms with E-state index in [4.69, 9.17) is 5.11 Å². The van der Waals surface area contributed by atoms with E-state index < -0.39 is 11.9 Å². The zero-order valence-corrected chi connectivity index (χ0v) is 14.9. The number of carbonyl (C=O) groups excluding carboxylic acids is 1. The van der Waals surface area contributed by atoms with Crippen molar-refractivity contribution in [3.63, 3.8) is 0 Å². The minimum Gasteiger partial charge on any atom is -0.478 e. The Kier molecular flexibility index (Phi) is 5.72. The van der Waals surface area contributed by atoms with Crippen LogP contribution in [0, 0.1) is 11.3 Å². The van der Waals surface area contributed by atoms with Gasteiger partial charge in [-0.05, 0) is 42.3 Å². The van der Waals surface area contributed by atoms with Gasteiger partial charge in [0, 0.05) is 35.5 Å². The molecule has 0 unspecified atom stereocenters. The van der Waals surface area contributed by atoms with Crippen molar-refractivity contribution >= 4 is 28.5 Å². The van der Waals surface area contributed by atoms with Crippen LogP contribution in [-0.4, -0.2) is 28.5 Å². The highest BCUT2D eigenvalue weighted by Crippen LogP contribution is 2.17. The van der Waals surface area contributed by atoms with Gasteiger partial charge in [0.05, 0.1) is 5.56 Å². The van der Waals surface area contributed by atoms with Crippen molar-refractivity contribution in [3.8, 4) is 6.07 Å². The molecule has 0 spiro atoms. The molecule has 0 bridgehead atoms. The van der Waals surface area contributed by atoms with Gasteiger partial charge in [0.25, 0.3) is 5.91 Å². The van der Waals surface area contributed by atoms with E-state index in [0.29, 0.717) is 12.2 Å². The Morgan fingerprint density at radius 2 is 1.89 bits per heavy atom. The van der Waals surface area contributed by atoms with E-state index >= 15 is 0 Å². The summed E-state index contributed by atoms with van der Waals surface area (Å²) in [6, 6.07) is 15.6. The number of aromatic carboxylic acids is 1. The minimum atomic E-state index is -1.05. The summed E-state index contributed by atoms with van der Waals surface area (Å²) < 4.78 is 0. The van der Waals surface area contributed by atoms with E-state index in [0.717, 1.165) is 22.9 Å². The number of hydrogen-bond donors (Lipinski definition) is 4. The van der Waals surface area contributed by atoms with Crippen LogP contribution in [0.15, 0.2) is 66.5 Å². The van der Waals surface area contributed by atoms with Gasteiger partial charge in [0.1, 0.15) is 11.6 Å². The lowest BCUT2D eigenvalue weighted by molar-refractivity contribution is -0.112. The van der Waals surface area contributed by atoms with Crippen molar-refractivity contribution in [3.05, 3.63) is 77.6 Å². The van der Waals surface area contributed by atoms with Gasteiger partial charge in [-0.1, -0.05) is 18.2 Å². The number of carbonyl (C=O) groups is 2. The van der Waals surface area contributed by atoms with Gasteiger partial charge >= 0.3 is 5.97 Å². The number of rotatable bonds is 7. The monoisotopic (exact) mass is 374 g/mol. The van der Waals surface area contributed by atoms with Crippen molar-refractivity contribution in [1.29, 1.82) is 5.26 Å². The van der Waals surface area contributed by atoms with Crippen LogP contribution in [-0.2, 0) is 11.2 Å². The largest absolute Gasteiger partial charge is 0.478 e. The number of fused-ring (bicyclic) bond motifs is 1. The summed E-state index contributed by atoms with van der Waals surface area (Å²) in [7, 11) is 0. The minimum absolute atomic E-state index is 0.0683. The number of aromatic nitrogens is 1. The number of H-pyrrole nitrogens is 1. The van der Waals surface area contributed by atoms with E-state index in [-0.39, 0.29) is 11.1 Å². The normalized spacial score (nSPS) is 11.0. The third kappa shape index (κ3) is 4.37.